The smallest absolute Gasteiger partial charge is 0.343 e. The van der Waals surface area contributed by atoms with Crippen LogP contribution in [0.25, 0.3) is 0 Å². The molecule has 8 heteroatoms. The van der Waals surface area contributed by atoms with Gasteiger partial charge < -0.3 is 25.7 Å². The molecule has 0 bridgehead atoms. The first-order valence-electron chi connectivity index (χ1n) is 7.19. The molecule has 0 saturated carbocycles. The van der Waals surface area contributed by atoms with Crippen LogP contribution < -0.4 is 25.7 Å². The molecule has 2 aromatic carbocycles. The van der Waals surface area contributed by atoms with Crippen molar-refractivity contribution in [1.29, 1.82) is 0 Å². The van der Waals surface area contributed by atoms with Gasteiger partial charge in [-0.15, -0.1) is 5.10 Å². The lowest BCUT2D eigenvalue weighted by Gasteiger charge is -2.10. The van der Waals surface area contributed by atoms with Gasteiger partial charge in [0, 0.05) is 0 Å². The van der Waals surface area contributed by atoms with Crippen molar-refractivity contribution in [2.75, 3.05) is 14.2 Å². The minimum absolute atomic E-state index is 0.145. The zero-order valence-corrected chi connectivity index (χ0v) is 13.8. The number of carbonyl (C=O) groups is 1. The zero-order chi connectivity index (χ0) is 18.2. The molecule has 2 rings (SSSR count). The second-order valence-corrected chi connectivity index (χ2v) is 4.80. The maximum Gasteiger partial charge on any atom is 0.343 e. The van der Waals surface area contributed by atoms with Gasteiger partial charge in [-0.1, -0.05) is 0 Å². The van der Waals surface area contributed by atoms with Crippen molar-refractivity contribution in [3.63, 3.8) is 0 Å². The molecule has 130 valence electrons. The zero-order valence-electron chi connectivity index (χ0n) is 13.8. The van der Waals surface area contributed by atoms with Crippen LogP contribution in [0, 0.1) is 0 Å². The van der Waals surface area contributed by atoms with Crippen molar-refractivity contribution in [3.05, 3.63) is 53.6 Å². The lowest BCUT2D eigenvalue weighted by Crippen LogP contribution is -2.21. The molecule has 2 aromatic rings. The van der Waals surface area contributed by atoms with E-state index in [0.29, 0.717) is 22.6 Å². The van der Waals surface area contributed by atoms with Crippen molar-refractivity contribution in [3.8, 4) is 17.2 Å². The van der Waals surface area contributed by atoms with Gasteiger partial charge in [0.15, 0.2) is 11.5 Å². The highest BCUT2D eigenvalue weighted by atomic mass is 16.6. The maximum absolute atomic E-state index is 12.2. The van der Waals surface area contributed by atoms with Gasteiger partial charge in [-0.25, -0.2) is 4.79 Å². The lowest BCUT2D eigenvalue weighted by atomic mass is 10.2. The lowest BCUT2D eigenvalue weighted by molar-refractivity contribution is 0.0729. The Hall–Kier alpha value is -3.55. The highest BCUT2D eigenvalue weighted by Crippen LogP contribution is 2.28. The largest absolute Gasteiger partial charge is 0.497 e. The third kappa shape index (κ3) is 4.96. The van der Waals surface area contributed by atoms with Gasteiger partial charge >= 0.3 is 5.97 Å². The first kappa shape index (κ1) is 17.8. The third-order valence-electron chi connectivity index (χ3n) is 3.10. The van der Waals surface area contributed by atoms with Crippen LogP contribution in [-0.4, -0.2) is 32.4 Å². The minimum atomic E-state index is -0.511. The number of guanidine groups is 1. The van der Waals surface area contributed by atoms with Crippen LogP contribution in [-0.2, 0) is 0 Å². The Bertz CT molecular complexity index is 797. The molecular weight excluding hydrogens is 324 g/mol. The quantitative estimate of drug-likeness (QED) is 0.270. The van der Waals surface area contributed by atoms with E-state index in [1.54, 1.807) is 49.6 Å². The van der Waals surface area contributed by atoms with Crippen LogP contribution in [0.3, 0.4) is 0 Å². The maximum atomic E-state index is 12.2. The molecule has 0 unspecified atom stereocenters. The number of hydrogen-bond acceptors (Lipinski definition) is 6. The fraction of sp³-hybridized carbons (Fsp3) is 0.118. The van der Waals surface area contributed by atoms with Gasteiger partial charge in [0.05, 0.1) is 26.0 Å². The molecule has 0 aliphatic heterocycles. The summed E-state index contributed by atoms with van der Waals surface area (Å²) in [4.78, 5) is 12.2. The van der Waals surface area contributed by atoms with Crippen LogP contribution in [0.1, 0.15) is 15.9 Å². The summed E-state index contributed by atoms with van der Waals surface area (Å²) < 4.78 is 15.7. The molecular formula is C17H18N4O4. The van der Waals surface area contributed by atoms with Gasteiger partial charge in [-0.3, -0.25) is 0 Å². The van der Waals surface area contributed by atoms with E-state index in [9.17, 15) is 4.79 Å². The molecule has 4 N–H and O–H groups in total. The average Bonchev–Trinajstić information content (AvgIpc) is 2.62. The number of methoxy groups -OCH3 is 2. The average molecular weight is 342 g/mol. The van der Waals surface area contributed by atoms with Crippen molar-refractivity contribution in [2.45, 2.75) is 0 Å². The van der Waals surface area contributed by atoms with E-state index < -0.39 is 5.97 Å². The second-order valence-electron chi connectivity index (χ2n) is 4.80. The van der Waals surface area contributed by atoms with Crippen molar-refractivity contribution in [2.24, 2.45) is 21.7 Å². The summed E-state index contributed by atoms with van der Waals surface area (Å²) in [7, 11) is 3.02. The van der Waals surface area contributed by atoms with Gasteiger partial charge in [0.1, 0.15) is 5.75 Å². The summed E-state index contributed by atoms with van der Waals surface area (Å²) in [5.74, 6) is 0.646. The van der Waals surface area contributed by atoms with E-state index in [2.05, 4.69) is 10.2 Å². The Labute approximate surface area is 144 Å². The number of rotatable bonds is 6. The van der Waals surface area contributed by atoms with Gasteiger partial charge in [-0.05, 0) is 48.0 Å². The SMILES string of the molecule is COc1ccc(C(=O)Oc2ccc(/C=N/N=C(N)N)cc2OC)cc1. The van der Waals surface area contributed by atoms with Crippen LogP contribution in [0.15, 0.2) is 52.7 Å². The van der Waals surface area contributed by atoms with Gasteiger partial charge in [0.25, 0.3) is 0 Å². The number of esters is 1. The second kappa shape index (κ2) is 8.34. The molecule has 0 spiro atoms. The summed E-state index contributed by atoms with van der Waals surface area (Å²) in [6.07, 6.45) is 1.44. The van der Waals surface area contributed by atoms with E-state index >= 15 is 0 Å². The minimum Gasteiger partial charge on any atom is -0.497 e. The molecule has 0 amide bonds. The first-order valence-corrected chi connectivity index (χ1v) is 7.19. The summed E-state index contributed by atoms with van der Waals surface area (Å²) in [5, 5.41) is 7.21. The van der Waals surface area contributed by atoms with Crippen LogP contribution in [0.5, 0.6) is 17.2 Å². The molecule has 0 radical (unpaired) electrons. The number of nitrogens with zero attached hydrogens (tertiary/aromatic N) is 2. The molecule has 0 aromatic heterocycles. The highest BCUT2D eigenvalue weighted by Gasteiger charge is 2.13. The highest BCUT2D eigenvalue weighted by molar-refractivity contribution is 5.91. The van der Waals surface area contributed by atoms with Crippen LogP contribution >= 0.6 is 0 Å². The number of hydrogen-bond donors (Lipinski definition) is 2. The molecule has 25 heavy (non-hydrogen) atoms. The molecule has 0 heterocycles. The predicted octanol–water partition coefficient (Wildman–Crippen LogP) is 1.53. The normalized spacial score (nSPS) is 10.3. The number of ether oxygens (including phenoxy) is 3. The topological polar surface area (TPSA) is 122 Å². The van der Waals surface area contributed by atoms with Crippen LogP contribution in [0.4, 0.5) is 0 Å². The Balaban J connectivity index is 2.16. The van der Waals surface area contributed by atoms with E-state index in [0.717, 1.165) is 0 Å². The van der Waals surface area contributed by atoms with E-state index in [4.69, 9.17) is 25.7 Å². The van der Waals surface area contributed by atoms with Crippen molar-refractivity contribution in [1.82, 2.24) is 0 Å². The molecule has 0 aliphatic rings. The predicted molar refractivity (Wildman–Crippen MR) is 94.4 cm³/mol. The fourth-order valence-electron chi connectivity index (χ4n) is 1.90. The van der Waals surface area contributed by atoms with Gasteiger partial charge in [0.2, 0.25) is 5.96 Å². The summed E-state index contributed by atoms with van der Waals surface area (Å²) >= 11 is 0. The summed E-state index contributed by atoms with van der Waals surface area (Å²) in [6.45, 7) is 0. The van der Waals surface area contributed by atoms with Crippen molar-refractivity contribution < 1.29 is 19.0 Å². The van der Waals surface area contributed by atoms with Gasteiger partial charge in [-0.2, -0.15) is 5.10 Å². The Morgan fingerprint density at radius 1 is 1.00 bits per heavy atom. The number of benzene rings is 2. The van der Waals surface area contributed by atoms with Crippen molar-refractivity contribution >= 4 is 18.1 Å². The monoisotopic (exact) mass is 342 g/mol. The Morgan fingerprint density at radius 3 is 2.32 bits per heavy atom. The number of nitrogens with two attached hydrogens (primary N) is 2. The molecule has 0 aliphatic carbocycles. The standard InChI is InChI=1S/C17H18N4O4/c1-23-13-6-4-12(5-7-13)16(22)25-14-8-3-11(9-15(14)24-2)10-20-21-17(18)19/h3-10H,1-2H3,(H4,18,19,21)/b20-10+. The first-order chi connectivity index (χ1) is 12.0. The fourth-order valence-corrected chi connectivity index (χ4v) is 1.90. The summed E-state index contributed by atoms with van der Waals surface area (Å²) in [6, 6.07) is 11.5. The summed E-state index contributed by atoms with van der Waals surface area (Å²) in [5.41, 5.74) is 11.4. The molecule has 0 fully saturated rings. The third-order valence-corrected chi connectivity index (χ3v) is 3.10. The molecule has 0 saturated heterocycles. The Kier molecular flexibility index (Phi) is 5.94. The van der Waals surface area contributed by atoms with E-state index in [-0.39, 0.29) is 11.7 Å². The van der Waals surface area contributed by atoms with Crippen LogP contribution in [0.2, 0.25) is 0 Å². The van der Waals surface area contributed by atoms with E-state index in [1.165, 1.54) is 13.3 Å². The number of carbonyl (C=O) groups excluding carboxylic acids is 1. The molecule has 0 atom stereocenters. The van der Waals surface area contributed by atoms with E-state index in [1.807, 2.05) is 0 Å². The Morgan fingerprint density at radius 2 is 1.72 bits per heavy atom. The molecule has 8 nitrogen and oxygen atoms in total.